The number of carboxylic acid groups (broad SMARTS) is 1. The maximum atomic E-state index is 11.6. The van der Waals surface area contributed by atoms with Gasteiger partial charge in [0, 0.05) is 0 Å². The average Bonchev–Trinajstić information content (AvgIpc) is 2.14. The minimum Gasteiger partial charge on any atom is -0.480 e. The second kappa shape index (κ2) is 5.32. The lowest BCUT2D eigenvalue weighted by atomic mass is 9.78. The molecule has 1 fully saturated rings. The molecule has 0 amide bonds. The Kier molecular flexibility index (Phi) is 4.51. The monoisotopic (exact) mass is 265 g/mol. The number of carbonyl (C=O) groups is 1. The van der Waals surface area contributed by atoms with E-state index in [0.29, 0.717) is 18.8 Å². The average molecular weight is 265 g/mol. The molecule has 7 heteroatoms. The lowest BCUT2D eigenvalue weighted by Gasteiger charge is -2.38. The molecular formula is C10H19NO5S. The van der Waals surface area contributed by atoms with Crippen molar-refractivity contribution in [3.63, 3.8) is 0 Å². The number of aliphatic hydroxyl groups excluding tert-OH is 1. The Bertz CT molecular complexity index is 380. The fourth-order valence-corrected chi connectivity index (χ4v) is 3.76. The molecule has 2 atom stereocenters. The summed E-state index contributed by atoms with van der Waals surface area (Å²) < 4.78 is 25.5. The van der Waals surface area contributed by atoms with E-state index < -0.39 is 27.3 Å². The van der Waals surface area contributed by atoms with Crippen molar-refractivity contribution >= 4 is 16.0 Å². The van der Waals surface area contributed by atoms with Crippen LogP contribution in [0.1, 0.15) is 32.6 Å². The predicted molar refractivity (Wildman–Crippen MR) is 62.0 cm³/mol. The Balaban J connectivity index is 2.78. The summed E-state index contributed by atoms with van der Waals surface area (Å²) in [6, 6.07) is 0. The normalized spacial score (nSPS) is 30.1. The Morgan fingerprint density at radius 1 is 1.53 bits per heavy atom. The summed E-state index contributed by atoms with van der Waals surface area (Å²) in [5.74, 6) is -2.03. The van der Waals surface area contributed by atoms with Gasteiger partial charge in [0.1, 0.15) is 0 Å². The lowest BCUT2D eigenvalue weighted by molar-refractivity contribution is -0.134. The van der Waals surface area contributed by atoms with E-state index in [9.17, 15) is 18.3 Å². The SMILES string of the molecule is CC1CCCC(CO)(NS(=O)(=O)CC(=O)O)C1. The number of hydrogen-bond donors (Lipinski definition) is 3. The van der Waals surface area contributed by atoms with Gasteiger partial charge in [-0.1, -0.05) is 19.8 Å². The van der Waals surface area contributed by atoms with Crippen LogP contribution in [0.5, 0.6) is 0 Å². The molecule has 2 unspecified atom stereocenters. The van der Waals surface area contributed by atoms with Crippen LogP contribution in [0.3, 0.4) is 0 Å². The Morgan fingerprint density at radius 2 is 2.18 bits per heavy atom. The van der Waals surface area contributed by atoms with Gasteiger partial charge in [0.15, 0.2) is 5.75 Å². The summed E-state index contributed by atoms with van der Waals surface area (Å²) in [7, 11) is -3.88. The standard InChI is InChI=1S/C10H19NO5S/c1-8-3-2-4-10(5-8,7-12)11-17(15,16)6-9(13)14/h8,11-12H,2-7H2,1H3,(H,13,14). The van der Waals surface area contributed by atoms with Gasteiger partial charge < -0.3 is 10.2 Å². The van der Waals surface area contributed by atoms with Crippen LogP contribution in [0.15, 0.2) is 0 Å². The first-order valence-corrected chi connectivity index (χ1v) is 7.28. The van der Waals surface area contributed by atoms with Gasteiger partial charge in [-0.2, -0.15) is 0 Å². The highest BCUT2D eigenvalue weighted by Gasteiger charge is 2.38. The molecule has 1 aliphatic carbocycles. The third kappa shape index (κ3) is 4.25. The van der Waals surface area contributed by atoms with E-state index in [2.05, 4.69) is 4.72 Å². The zero-order chi connectivity index (χ0) is 13.1. The van der Waals surface area contributed by atoms with Crippen LogP contribution in [0.4, 0.5) is 0 Å². The van der Waals surface area contributed by atoms with Crippen molar-refractivity contribution < 1.29 is 23.4 Å². The first-order valence-electron chi connectivity index (χ1n) is 5.63. The minimum atomic E-state index is -3.88. The molecule has 17 heavy (non-hydrogen) atoms. The number of rotatable bonds is 5. The predicted octanol–water partition coefficient (Wildman–Crippen LogP) is -0.0684. The maximum Gasteiger partial charge on any atom is 0.320 e. The van der Waals surface area contributed by atoms with Gasteiger partial charge in [0.25, 0.3) is 0 Å². The number of aliphatic carboxylic acids is 1. The first-order chi connectivity index (χ1) is 7.79. The molecule has 1 rings (SSSR count). The molecule has 0 spiro atoms. The van der Waals surface area contributed by atoms with Crippen molar-refractivity contribution in [2.24, 2.45) is 5.92 Å². The first kappa shape index (κ1) is 14.4. The van der Waals surface area contributed by atoms with Crippen molar-refractivity contribution in [2.75, 3.05) is 12.4 Å². The third-order valence-electron chi connectivity index (χ3n) is 3.08. The fraction of sp³-hybridized carbons (Fsp3) is 0.900. The van der Waals surface area contributed by atoms with Crippen LogP contribution in [0.25, 0.3) is 0 Å². The summed E-state index contributed by atoms with van der Waals surface area (Å²) >= 11 is 0. The van der Waals surface area contributed by atoms with E-state index in [1.54, 1.807) is 0 Å². The number of hydrogen-bond acceptors (Lipinski definition) is 4. The van der Waals surface area contributed by atoms with E-state index in [0.717, 1.165) is 12.8 Å². The van der Waals surface area contributed by atoms with Gasteiger partial charge in [-0.3, -0.25) is 4.79 Å². The van der Waals surface area contributed by atoms with Crippen molar-refractivity contribution in [3.05, 3.63) is 0 Å². The molecule has 0 heterocycles. The molecule has 0 aromatic rings. The minimum absolute atomic E-state index is 0.295. The largest absolute Gasteiger partial charge is 0.480 e. The van der Waals surface area contributed by atoms with Crippen LogP contribution in [0, 0.1) is 5.92 Å². The van der Waals surface area contributed by atoms with Crippen LogP contribution in [-0.2, 0) is 14.8 Å². The molecule has 0 aliphatic heterocycles. The number of sulfonamides is 1. The number of aliphatic hydroxyl groups is 1. The van der Waals surface area contributed by atoms with Crippen LogP contribution in [0.2, 0.25) is 0 Å². The molecular weight excluding hydrogens is 246 g/mol. The van der Waals surface area contributed by atoms with E-state index in [1.807, 2.05) is 6.92 Å². The summed E-state index contributed by atoms with van der Waals surface area (Å²) in [5.41, 5.74) is -0.883. The van der Waals surface area contributed by atoms with Crippen molar-refractivity contribution in [3.8, 4) is 0 Å². The molecule has 0 aromatic heterocycles. The summed E-state index contributed by atoms with van der Waals surface area (Å²) in [6.07, 6.45) is 2.93. The maximum absolute atomic E-state index is 11.6. The van der Waals surface area contributed by atoms with E-state index >= 15 is 0 Å². The van der Waals surface area contributed by atoms with Crippen molar-refractivity contribution in [1.29, 1.82) is 0 Å². The third-order valence-corrected chi connectivity index (χ3v) is 4.45. The molecule has 0 radical (unpaired) electrons. The van der Waals surface area contributed by atoms with Crippen LogP contribution in [-0.4, -0.2) is 42.5 Å². The zero-order valence-corrected chi connectivity index (χ0v) is 10.7. The van der Waals surface area contributed by atoms with Gasteiger partial charge in [0.2, 0.25) is 10.0 Å². The van der Waals surface area contributed by atoms with Gasteiger partial charge in [-0.15, -0.1) is 0 Å². The molecule has 1 saturated carbocycles. The molecule has 100 valence electrons. The second-order valence-corrected chi connectivity index (χ2v) is 6.62. The van der Waals surface area contributed by atoms with E-state index in [4.69, 9.17) is 5.11 Å². The highest BCUT2D eigenvalue weighted by atomic mass is 32.2. The van der Waals surface area contributed by atoms with E-state index in [1.165, 1.54) is 0 Å². The van der Waals surface area contributed by atoms with Crippen LogP contribution < -0.4 is 4.72 Å². The summed E-state index contributed by atoms with van der Waals surface area (Å²) in [4.78, 5) is 10.4. The number of carboxylic acids is 1. The molecule has 0 bridgehead atoms. The van der Waals surface area contributed by atoms with Gasteiger partial charge in [-0.25, -0.2) is 13.1 Å². The highest BCUT2D eigenvalue weighted by Crippen LogP contribution is 2.32. The van der Waals surface area contributed by atoms with Gasteiger partial charge in [0.05, 0.1) is 12.1 Å². The molecule has 6 nitrogen and oxygen atoms in total. The Morgan fingerprint density at radius 3 is 2.65 bits per heavy atom. The Hall–Kier alpha value is -0.660. The van der Waals surface area contributed by atoms with Crippen molar-refractivity contribution in [2.45, 2.75) is 38.1 Å². The van der Waals surface area contributed by atoms with Gasteiger partial charge in [-0.05, 0) is 18.8 Å². The van der Waals surface area contributed by atoms with Gasteiger partial charge >= 0.3 is 5.97 Å². The smallest absolute Gasteiger partial charge is 0.320 e. The summed E-state index contributed by atoms with van der Waals surface area (Å²) in [6.45, 7) is 1.70. The molecule has 1 aliphatic rings. The van der Waals surface area contributed by atoms with Crippen molar-refractivity contribution in [1.82, 2.24) is 4.72 Å². The topological polar surface area (TPSA) is 104 Å². The zero-order valence-electron chi connectivity index (χ0n) is 9.85. The molecule has 0 saturated heterocycles. The lowest BCUT2D eigenvalue weighted by Crippen LogP contribution is -2.54. The Labute approximate surface area is 101 Å². The van der Waals surface area contributed by atoms with Crippen LogP contribution >= 0.6 is 0 Å². The van der Waals surface area contributed by atoms with E-state index in [-0.39, 0.29) is 6.61 Å². The second-order valence-electron chi connectivity index (χ2n) is 4.89. The number of nitrogens with one attached hydrogen (secondary N) is 1. The fourth-order valence-electron chi connectivity index (χ4n) is 2.46. The molecule has 0 aromatic carbocycles. The summed E-state index contributed by atoms with van der Waals surface area (Å²) in [5, 5.41) is 17.9. The quantitative estimate of drug-likeness (QED) is 0.645. The highest BCUT2D eigenvalue weighted by molar-refractivity contribution is 7.90. The molecule has 3 N–H and O–H groups in total.